The Balaban J connectivity index is 3.00. The van der Waals surface area contributed by atoms with E-state index in [0.29, 0.717) is 17.1 Å². The van der Waals surface area contributed by atoms with Crippen molar-refractivity contribution in [3.63, 3.8) is 0 Å². The summed E-state index contributed by atoms with van der Waals surface area (Å²) in [6.45, 7) is 6.34. The number of halogens is 1. The van der Waals surface area contributed by atoms with Gasteiger partial charge in [0.1, 0.15) is 5.82 Å². The molecule has 0 bridgehead atoms. The molecule has 0 radical (unpaired) electrons. The van der Waals surface area contributed by atoms with Gasteiger partial charge in [-0.05, 0) is 30.3 Å². The van der Waals surface area contributed by atoms with Crippen molar-refractivity contribution < 1.29 is 4.39 Å². The van der Waals surface area contributed by atoms with Gasteiger partial charge in [0.15, 0.2) is 0 Å². The average molecular weight is 249 g/mol. The number of allylic oxidation sites excluding steroid dienone is 1. The van der Waals surface area contributed by atoms with Crippen LogP contribution in [0.2, 0.25) is 0 Å². The van der Waals surface area contributed by atoms with Crippen LogP contribution in [0.25, 0.3) is 0 Å². The molecular weight excluding hydrogens is 229 g/mol. The van der Waals surface area contributed by atoms with Crippen LogP contribution in [-0.4, -0.2) is 12.3 Å². The fourth-order valence-corrected chi connectivity index (χ4v) is 1.21. The highest BCUT2D eigenvalue weighted by Gasteiger charge is 2.13. The Morgan fingerprint density at radius 1 is 1.28 bits per heavy atom. The molecule has 0 amide bonds. The first-order valence-electron chi connectivity index (χ1n) is 5.84. The molecule has 3 nitrogen and oxygen atoms in total. The summed E-state index contributed by atoms with van der Waals surface area (Å²) < 4.78 is 12.8. The molecule has 0 saturated heterocycles. The quantitative estimate of drug-likeness (QED) is 0.809. The molecule has 0 unspecified atom stereocenters. The van der Waals surface area contributed by atoms with E-state index in [4.69, 9.17) is 11.5 Å². The van der Waals surface area contributed by atoms with Gasteiger partial charge in [0.2, 0.25) is 0 Å². The average Bonchev–Trinajstić information content (AvgIpc) is 2.29. The molecule has 0 aromatic heterocycles. The van der Waals surface area contributed by atoms with Crippen molar-refractivity contribution in [2.24, 2.45) is 21.9 Å². The van der Waals surface area contributed by atoms with E-state index in [1.54, 1.807) is 18.2 Å². The Hall–Kier alpha value is -1.68. The van der Waals surface area contributed by atoms with E-state index >= 15 is 0 Å². The molecule has 1 rings (SSSR count). The Kier molecular flexibility index (Phi) is 4.62. The first-order chi connectivity index (χ1) is 8.32. The van der Waals surface area contributed by atoms with Crippen LogP contribution >= 0.6 is 0 Å². The van der Waals surface area contributed by atoms with Crippen molar-refractivity contribution >= 4 is 11.4 Å². The Labute approximate surface area is 107 Å². The highest BCUT2D eigenvalue weighted by Crippen LogP contribution is 2.21. The maximum Gasteiger partial charge on any atom is 0.123 e. The summed E-state index contributed by atoms with van der Waals surface area (Å²) in [5, 5.41) is 0. The first kappa shape index (κ1) is 14.4. The lowest BCUT2D eigenvalue weighted by molar-refractivity contribution is 0.498. The number of aliphatic imine (C=N–C) groups is 1. The highest BCUT2D eigenvalue weighted by atomic mass is 19.1. The van der Waals surface area contributed by atoms with Crippen molar-refractivity contribution in [2.75, 3.05) is 6.54 Å². The summed E-state index contributed by atoms with van der Waals surface area (Å²) >= 11 is 0. The zero-order valence-electron chi connectivity index (χ0n) is 11.1. The Bertz CT molecular complexity index is 453. The molecule has 0 spiro atoms. The highest BCUT2D eigenvalue weighted by molar-refractivity contribution is 5.98. The summed E-state index contributed by atoms with van der Waals surface area (Å²) in [4.78, 5) is 4.34. The zero-order chi connectivity index (χ0) is 13.8. The number of nitrogens with zero attached hydrogens (tertiary/aromatic N) is 1. The second kappa shape index (κ2) is 5.78. The number of benzene rings is 1. The number of hydrogen-bond acceptors (Lipinski definition) is 3. The Morgan fingerprint density at radius 3 is 2.28 bits per heavy atom. The minimum Gasteiger partial charge on any atom is -0.402 e. The van der Waals surface area contributed by atoms with E-state index in [1.807, 2.05) is 20.8 Å². The molecule has 0 aliphatic carbocycles. The third-order valence-corrected chi connectivity index (χ3v) is 2.50. The molecule has 4 N–H and O–H groups in total. The van der Waals surface area contributed by atoms with Gasteiger partial charge in [0.05, 0.1) is 11.4 Å². The third kappa shape index (κ3) is 4.30. The molecule has 0 aliphatic rings. The summed E-state index contributed by atoms with van der Waals surface area (Å²) in [5.74, 6) is -0.284. The lowest BCUT2D eigenvalue weighted by Gasteiger charge is -2.19. The number of rotatable bonds is 3. The van der Waals surface area contributed by atoms with Gasteiger partial charge in [0, 0.05) is 17.7 Å². The van der Waals surface area contributed by atoms with Crippen LogP contribution < -0.4 is 11.5 Å². The van der Waals surface area contributed by atoms with Crippen LogP contribution in [0, 0.1) is 11.2 Å². The van der Waals surface area contributed by atoms with Crippen molar-refractivity contribution in [3.8, 4) is 0 Å². The second-order valence-corrected chi connectivity index (χ2v) is 5.13. The largest absolute Gasteiger partial charge is 0.402 e. The van der Waals surface area contributed by atoms with E-state index in [0.717, 1.165) is 0 Å². The molecule has 0 saturated carbocycles. The molecule has 98 valence electrons. The fraction of sp³-hybridized carbons (Fsp3) is 0.357. The van der Waals surface area contributed by atoms with Crippen LogP contribution in [0.4, 0.5) is 10.1 Å². The van der Waals surface area contributed by atoms with Gasteiger partial charge in [-0.3, -0.25) is 4.99 Å². The van der Waals surface area contributed by atoms with Crippen molar-refractivity contribution in [3.05, 3.63) is 41.9 Å². The topological polar surface area (TPSA) is 64.4 Å². The summed E-state index contributed by atoms with van der Waals surface area (Å²) in [5.41, 5.74) is 13.5. The Morgan fingerprint density at radius 2 is 1.83 bits per heavy atom. The maximum absolute atomic E-state index is 12.8. The van der Waals surface area contributed by atoms with E-state index in [-0.39, 0.29) is 17.8 Å². The molecule has 1 aromatic carbocycles. The molecule has 0 atom stereocenters. The lowest BCUT2D eigenvalue weighted by Crippen LogP contribution is -2.21. The van der Waals surface area contributed by atoms with Gasteiger partial charge < -0.3 is 11.5 Å². The minimum atomic E-state index is -0.284. The number of nitrogens with two attached hydrogens (primary N) is 2. The minimum absolute atomic E-state index is 0.126. The van der Waals surface area contributed by atoms with Gasteiger partial charge in [-0.25, -0.2) is 4.39 Å². The fourth-order valence-electron chi connectivity index (χ4n) is 1.21. The predicted octanol–water partition coefficient (Wildman–Crippen LogP) is 2.75. The van der Waals surface area contributed by atoms with Crippen LogP contribution in [0.15, 0.2) is 41.0 Å². The lowest BCUT2D eigenvalue weighted by atomic mass is 9.91. The molecule has 4 heteroatoms. The standard InChI is InChI=1S/C14H20FN3/c1-14(2,3)13(17)8-12(9-16)18-11-6-4-10(15)5-7-11/h4-8H,9,16-17H2,1-3H3/b13-8-,18-12?. The van der Waals surface area contributed by atoms with Crippen molar-refractivity contribution in [2.45, 2.75) is 20.8 Å². The SMILES string of the molecule is CC(C)(C)/C(N)=C/C(CN)=Nc1ccc(F)cc1. The van der Waals surface area contributed by atoms with Crippen LogP contribution in [0.1, 0.15) is 20.8 Å². The van der Waals surface area contributed by atoms with E-state index in [9.17, 15) is 4.39 Å². The van der Waals surface area contributed by atoms with E-state index < -0.39 is 0 Å². The summed E-state index contributed by atoms with van der Waals surface area (Å²) in [7, 11) is 0. The predicted molar refractivity (Wildman–Crippen MR) is 74.3 cm³/mol. The van der Waals surface area contributed by atoms with Gasteiger partial charge in [-0.1, -0.05) is 20.8 Å². The van der Waals surface area contributed by atoms with Crippen LogP contribution in [0.3, 0.4) is 0 Å². The van der Waals surface area contributed by atoms with E-state index in [2.05, 4.69) is 4.99 Å². The first-order valence-corrected chi connectivity index (χ1v) is 5.84. The van der Waals surface area contributed by atoms with Crippen molar-refractivity contribution in [1.82, 2.24) is 0 Å². The summed E-state index contributed by atoms with van der Waals surface area (Å²) in [6, 6.07) is 5.94. The van der Waals surface area contributed by atoms with E-state index in [1.165, 1.54) is 12.1 Å². The molecule has 18 heavy (non-hydrogen) atoms. The molecule has 0 heterocycles. The molecule has 0 aliphatic heterocycles. The second-order valence-electron chi connectivity index (χ2n) is 5.13. The monoisotopic (exact) mass is 249 g/mol. The molecule has 0 fully saturated rings. The van der Waals surface area contributed by atoms with Gasteiger partial charge >= 0.3 is 0 Å². The third-order valence-electron chi connectivity index (χ3n) is 2.50. The zero-order valence-corrected chi connectivity index (χ0v) is 11.1. The van der Waals surface area contributed by atoms with Gasteiger partial charge in [-0.2, -0.15) is 0 Å². The van der Waals surface area contributed by atoms with Crippen LogP contribution in [-0.2, 0) is 0 Å². The van der Waals surface area contributed by atoms with Gasteiger partial charge in [0.25, 0.3) is 0 Å². The normalized spacial score (nSPS) is 13.8. The molecule has 1 aromatic rings. The number of hydrogen-bond donors (Lipinski definition) is 2. The van der Waals surface area contributed by atoms with Gasteiger partial charge in [-0.15, -0.1) is 0 Å². The summed E-state index contributed by atoms with van der Waals surface area (Å²) in [6.07, 6.45) is 1.78. The smallest absolute Gasteiger partial charge is 0.123 e. The maximum atomic E-state index is 12.8. The van der Waals surface area contributed by atoms with Crippen LogP contribution in [0.5, 0.6) is 0 Å². The molecular formula is C14H20FN3. The van der Waals surface area contributed by atoms with Crippen molar-refractivity contribution in [1.29, 1.82) is 0 Å².